The third-order valence-electron chi connectivity index (χ3n) is 3.93. The lowest BCUT2D eigenvalue weighted by atomic mass is 10.1. The first kappa shape index (κ1) is 20.7. The van der Waals surface area contributed by atoms with Crippen molar-refractivity contribution < 1.29 is 19.1 Å². The van der Waals surface area contributed by atoms with Gasteiger partial charge in [0.2, 0.25) is 5.91 Å². The maximum Gasteiger partial charge on any atom is 0.257 e. The van der Waals surface area contributed by atoms with Gasteiger partial charge >= 0.3 is 0 Å². The van der Waals surface area contributed by atoms with Gasteiger partial charge in [-0.1, -0.05) is 13.8 Å². The fourth-order valence-corrected chi connectivity index (χ4v) is 3.01. The molecule has 27 heavy (non-hydrogen) atoms. The lowest BCUT2D eigenvalue weighted by Crippen LogP contribution is -2.33. The molecule has 0 saturated heterocycles. The summed E-state index contributed by atoms with van der Waals surface area (Å²) in [6.07, 6.45) is 1.60. The molecule has 2 rings (SSSR count). The lowest BCUT2D eigenvalue weighted by Gasteiger charge is -2.19. The number of likely N-dealkylation sites (N-methyl/N-ethyl adjacent to an activating group) is 1. The fourth-order valence-electron chi connectivity index (χ4n) is 2.48. The molecule has 0 saturated carbocycles. The first-order valence-corrected chi connectivity index (χ1v) is 9.39. The topological polar surface area (TPSA) is 92.8 Å². The Kier molecular flexibility index (Phi) is 7.56. The van der Waals surface area contributed by atoms with Gasteiger partial charge in [-0.25, -0.2) is 4.98 Å². The Balaban J connectivity index is 2.28. The summed E-state index contributed by atoms with van der Waals surface area (Å²) in [5.41, 5.74) is 0.694. The predicted molar refractivity (Wildman–Crippen MR) is 106 cm³/mol. The highest BCUT2D eigenvalue weighted by Crippen LogP contribution is 2.37. The van der Waals surface area contributed by atoms with Crippen molar-refractivity contribution in [3.8, 4) is 11.5 Å². The van der Waals surface area contributed by atoms with Gasteiger partial charge in [0.05, 0.1) is 26.5 Å². The van der Waals surface area contributed by atoms with Gasteiger partial charge in [-0.05, 0) is 25.2 Å². The van der Waals surface area contributed by atoms with Crippen molar-refractivity contribution in [1.29, 1.82) is 0 Å². The van der Waals surface area contributed by atoms with Gasteiger partial charge in [-0.3, -0.25) is 19.8 Å². The number of carbonyl (C=O) groups is 2. The highest BCUT2D eigenvalue weighted by molar-refractivity contribution is 7.13. The standard InChI is InChI=1S/C18H24N4O4S/c1-5-22(6-2)11-15(23)20-13-9-12(10-14(25-3)16(13)26-4)17(24)21-18-19-7-8-27-18/h7-10H,5-6,11H2,1-4H3,(H,20,23)(H,19,21,24). The largest absolute Gasteiger partial charge is 0.493 e. The zero-order chi connectivity index (χ0) is 19.8. The molecule has 1 heterocycles. The number of ether oxygens (including phenoxy) is 2. The molecule has 0 atom stereocenters. The number of methoxy groups -OCH3 is 2. The van der Waals surface area contributed by atoms with Gasteiger partial charge < -0.3 is 14.8 Å². The van der Waals surface area contributed by atoms with E-state index in [1.807, 2.05) is 18.7 Å². The molecule has 2 aromatic rings. The number of amides is 2. The van der Waals surface area contributed by atoms with Crippen molar-refractivity contribution in [1.82, 2.24) is 9.88 Å². The highest BCUT2D eigenvalue weighted by atomic mass is 32.1. The van der Waals surface area contributed by atoms with Crippen molar-refractivity contribution >= 4 is 34.0 Å². The van der Waals surface area contributed by atoms with E-state index in [9.17, 15) is 9.59 Å². The molecule has 9 heteroatoms. The van der Waals surface area contributed by atoms with Crippen molar-refractivity contribution in [3.63, 3.8) is 0 Å². The molecular weight excluding hydrogens is 368 g/mol. The van der Waals surface area contributed by atoms with E-state index in [4.69, 9.17) is 9.47 Å². The van der Waals surface area contributed by atoms with Gasteiger partial charge in [0.15, 0.2) is 16.6 Å². The zero-order valence-corrected chi connectivity index (χ0v) is 16.7. The third kappa shape index (κ3) is 5.41. The third-order valence-corrected chi connectivity index (χ3v) is 4.62. The number of carbonyl (C=O) groups excluding carboxylic acids is 2. The highest BCUT2D eigenvalue weighted by Gasteiger charge is 2.19. The molecule has 0 spiro atoms. The quantitative estimate of drug-likeness (QED) is 0.682. The number of hydrogen-bond donors (Lipinski definition) is 2. The van der Waals surface area contributed by atoms with Gasteiger partial charge in [0.1, 0.15) is 0 Å². The van der Waals surface area contributed by atoms with E-state index < -0.39 is 0 Å². The van der Waals surface area contributed by atoms with E-state index >= 15 is 0 Å². The molecule has 0 aliphatic heterocycles. The van der Waals surface area contributed by atoms with Crippen LogP contribution in [0.4, 0.5) is 10.8 Å². The molecule has 1 aromatic carbocycles. The number of thiazole rings is 1. The van der Waals surface area contributed by atoms with Crippen LogP contribution in [0.2, 0.25) is 0 Å². The normalized spacial score (nSPS) is 10.6. The van der Waals surface area contributed by atoms with E-state index in [-0.39, 0.29) is 18.4 Å². The van der Waals surface area contributed by atoms with Crippen LogP contribution in [0, 0.1) is 0 Å². The first-order chi connectivity index (χ1) is 13.0. The molecular formula is C18H24N4O4S. The second-order valence-corrected chi connectivity index (χ2v) is 6.45. The van der Waals surface area contributed by atoms with Crippen molar-refractivity contribution in [2.75, 3.05) is 44.5 Å². The Hall–Kier alpha value is -2.65. The smallest absolute Gasteiger partial charge is 0.257 e. The molecule has 0 aliphatic carbocycles. The van der Waals surface area contributed by atoms with Gasteiger partial charge in [0, 0.05) is 17.1 Å². The van der Waals surface area contributed by atoms with E-state index in [1.54, 1.807) is 23.7 Å². The van der Waals surface area contributed by atoms with Crippen LogP contribution in [-0.2, 0) is 4.79 Å². The van der Waals surface area contributed by atoms with Crippen LogP contribution in [0.25, 0.3) is 0 Å². The summed E-state index contributed by atoms with van der Waals surface area (Å²) in [7, 11) is 2.95. The minimum Gasteiger partial charge on any atom is -0.493 e. The molecule has 8 nitrogen and oxygen atoms in total. The van der Waals surface area contributed by atoms with E-state index in [1.165, 1.54) is 25.6 Å². The molecule has 2 N–H and O–H groups in total. The average molecular weight is 392 g/mol. The molecule has 1 aromatic heterocycles. The monoisotopic (exact) mass is 392 g/mol. The van der Waals surface area contributed by atoms with E-state index in [0.717, 1.165) is 13.1 Å². The maximum atomic E-state index is 12.5. The van der Waals surface area contributed by atoms with Crippen LogP contribution in [0.5, 0.6) is 11.5 Å². The van der Waals surface area contributed by atoms with Crippen LogP contribution in [0.3, 0.4) is 0 Å². The SMILES string of the molecule is CCN(CC)CC(=O)Nc1cc(C(=O)Nc2nccs2)cc(OC)c1OC. The summed E-state index contributed by atoms with van der Waals surface area (Å²) in [6.45, 7) is 5.75. The summed E-state index contributed by atoms with van der Waals surface area (Å²) >= 11 is 1.32. The zero-order valence-electron chi connectivity index (χ0n) is 15.9. The summed E-state index contributed by atoms with van der Waals surface area (Å²) in [4.78, 5) is 30.9. The summed E-state index contributed by atoms with van der Waals surface area (Å²) in [6, 6.07) is 3.12. The van der Waals surface area contributed by atoms with Crippen molar-refractivity contribution in [2.45, 2.75) is 13.8 Å². The number of anilines is 2. The molecule has 0 radical (unpaired) electrons. The van der Waals surface area contributed by atoms with Gasteiger partial charge in [-0.2, -0.15) is 0 Å². The number of aromatic nitrogens is 1. The van der Waals surface area contributed by atoms with Crippen LogP contribution in [0.15, 0.2) is 23.7 Å². The second kappa shape index (κ2) is 9.89. The molecule has 0 unspecified atom stereocenters. The maximum absolute atomic E-state index is 12.5. The first-order valence-electron chi connectivity index (χ1n) is 8.51. The minimum atomic E-state index is -0.356. The van der Waals surface area contributed by atoms with Crippen LogP contribution in [0.1, 0.15) is 24.2 Å². The Morgan fingerprint density at radius 1 is 1.15 bits per heavy atom. The predicted octanol–water partition coefficient (Wildman–Crippen LogP) is 2.69. The van der Waals surface area contributed by atoms with E-state index in [2.05, 4.69) is 15.6 Å². The average Bonchev–Trinajstić information content (AvgIpc) is 3.18. The fraction of sp³-hybridized carbons (Fsp3) is 0.389. The van der Waals surface area contributed by atoms with Crippen LogP contribution >= 0.6 is 11.3 Å². The Labute approximate surface area is 162 Å². The summed E-state index contributed by atoms with van der Waals surface area (Å²) in [5.74, 6) is 0.153. The Morgan fingerprint density at radius 3 is 2.44 bits per heavy atom. The van der Waals surface area contributed by atoms with Gasteiger partial charge in [0.25, 0.3) is 5.91 Å². The molecule has 146 valence electrons. The molecule has 2 amide bonds. The lowest BCUT2D eigenvalue weighted by molar-refractivity contribution is -0.117. The second-order valence-electron chi connectivity index (χ2n) is 5.56. The minimum absolute atomic E-state index is 0.198. The Bertz CT molecular complexity index is 776. The van der Waals surface area contributed by atoms with Crippen LogP contribution in [-0.4, -0.2) is 55.6 Å². The Morgan fingerprint density at radius 2 is 1.89 bits per heavy atom. The van der Waals surface area contributed by atoms with Crippen LogP contribution < -0.4 is 20.1 Å². The number of rotatable bonds is 9. The molecule has 0 aliphatic rings. The molecule has 0 fully saturated rings. The van der Waals surface area contributed by atoms with E-state index in [0.29, 0.717) is 27.9 Å². The van der Waals surface area contributed by atoms with Crippen molar-refractivity contribution in [3.05, 3.63) is 29.3 Å². The number of nitrogens with zero attached hydrogens (tertiary/aromatic N) is 2. The molecule has 0 bridgehead atoms. The number of benzene rings is 1. The van der Waals surface area contributed by atoms with Crippen molar-refractivity contribution in [2.24, 2.45) is 0 Å². The number of nitrogens with one attached hydrogen (secondary N) is 2. The number of hydrogen-bond acceptors (Lipinski definition) is 7. The summed E-state index contributed by atoms with van der Waals surface area (Å²) in [5, 5.41) is 7.77. The van der Waals surface area contributed by atoms with Gasteiger partial charge in [-0.15, -0.1) is 11.3 Å². The summed E-state index contributed by atoms with van der Waals surface area (Å²) < 4.78 is 10.7.